The zero-order chi connectivity index (χ0) is 17.7. The smallest absolute Gasteiger partial charge is 0.373 e. The molecule has 1 atom stereocenters. The number of furan rings is 1. The van der Waals surface area contributed by atoms with Crippen LogP contribution in [0.2, 0.25) is 0 Å². The van der Waals surface area contributed by atoms with Gasteiger partial charge in [-0.3, -0.25) is 0 Å². The lowest BCUT2D eigenvalue weighted by atomic mass is 10.1. The van der Waals surface area contributed by atoms with E-state index >= 15 is 0 Å². The maximum absolute atomic E-state index is 12.5. The molecule has 0 aliphatic heterocycles. The highest BCUT2D eigenvalue weighted by atomic mass is 32.2. The highest BCUT2D eigenvalue weighted by Gasteiger charge is 2.26. The molecule has 0 fully saturated rings. The molecule has 1 unspecified atom stereocenters. The normalized spacial score (nSPS) is 12.8. The Morgan fingerprint density at radius 2 is 2.00 bits per heavy atom. The molecule has 0 amide bonds. The Morgan fingerprint density at radius 1 is 1.33 bits per heavy atom. The van der Waals surface area contributed by atoms with Crippen LogP contribution in [0.5, 0.6) is 0 Å². The topological polar surface area (TPSA) is 112 Å². The van der Waals surface area contributed by atoms with E-state index < -0.39 is 22.0 Å². The number of rotatable bonds is 7. The molecule has 0 bridgehead atoms. The van der Waals surface area contributed by atoms with Gasteiger partial charge in [0.2, 0.25) is 15.8 Å². The summed E-state index contributed by atoms with van der Waals surface area (Å²) in [4.78, 5) is 11.4. The number of ether oxygens (including phenoxy) is 1. The van der Waals surface area contributed by atoms with Crippen molar-refractivity contribution in [2.24, 2.45) is 5.73 Å². The molecule has 0 aliphatic rings. The number of methoxy groups -OCH3 is 1. The minimum absolute atomic E-state index is 0.0221. The lowest BCUT2D eigenvalue weighted by molar-refractivity contribution is 0.0563. The number of carbonyl (C=O) groups is 1. The fraction of sp³-hybridized carbons (Fsp3) is 0.312. The number of benzene rings is 1. The van der Waals surface area contributed by atoms with Gasteiger partial charge >= 0.3 is 5.97 Å². The van der Waals surface area contributed by atoms with Gasteiger partial charge in [-0.1, -0.05) is 37.3 Å². The molecule has 0 spiro atoms. The van der Waals surface area contributed by atoms with Crippen molar-refractivity contribution in [3.05, 3.63) is 53.5 Å². The van der Waals surface area contributed by atoms with E-state index in [1.165, 1.54) is 13.2 Å². The average Bonchev–Trinajstić information content (AvgIpc) is 3.05. The molecule has 0 saturated heterocycles. The van der Waals surface area contributed by atoms with Gasteiger partial charge < -0.3 is 14.9 Å². The lowest BCUT2D eigenvalue weighted by Gasteiger charge is -2.13. The lowest BCUT2D eigenvalue weighted by Crippen LogP contribution is -2.32. The van der Waals surface area contributed by atoms with Crippen LogP contribution in [0, 0.1) is 0 Å². The summed E-state index contributed by atoms with van der Waals surface area (Å²) in [5, 5.41) is 0. The van der Waals surface area contributed by atoms with E-state index in [1.807, 2.05) is 30.3 Å². The van der Waals surface area contributed by atoms with Crippen molar-refractivity contribution >= 4 is 16.0 Å². The Hall–Kier alpha value is -2.16. The molecule has 1 heterocycles. The van der Waals surface area contributed by atoms with Crippen LogP contribution >= 0.6 is 0 Å². The Bertz CT molecular complexity index is 799. The monoisotopic (exact) mass is 352 g/mol. The molecule has 0 saturated carbocycles. The van der Waals surface area contributed by atoms with Crippen LogP contribution in [0.15, 0.2) is 45.7 Å². The predicted octanol–water partition coefficient (Wildman–Crippen LogP) is 1.61. The highest BCUT2D eigenvalue weighted by molar-refractivity contribution is 7.89. The highest BCUT2D eigenvalue weighted by Crippen LogP contribution is 2.22. The third-order valence-corrected chi connectivity index (χ3v) is 4.96. The number of nitrogens with two attached hydrogens (primary N) is 1. The molecule has 8 heteroatoms. The Balaban J connectivity index is 2.18. The van der Waals surface area contributed by atoms with Gasteiger partial charge in [-0.2, -0.15) is 0 Å². The van der Waals surface area contributed by atoms with Crippen molar-refractivity contribution < 1.29 is 22.4 Å². The van der Waals surface area contributed by atoms with Gasteiger partial charge in [0.1, 0.15) is 10.7 Å². The molecule has 3 N–H and O–H groups in total. The molecule has 0 radical (unpaired) electrons. The summed E-state index contributed by atoms with van der Waals surface area (Å²) in [7, 11) is -2.66. The van der Waals surface area contributed by atoms with Crippen molar-refractivity contribution in [3.63, 3.8) is 0 Å². The van der Waals surface area contributed by atoms with Gasteiger partial charge in [0.25, 0.3) is 0 Å². The second-order valence-corrected chi connectivity index (χ2v) is 6.85. The average molecular weight is 352 g/mol. The molecule has 2 rings (SSSR count). The quantitative estimate of drug-likeness (QED) is 0.732. The molecule has 24 heavy (non-hydrogen) atoms. The van der Waals surface area contributed by atoms with Crippen molar-refractivity contribution in [3.8, 4) is 0 Å². The number of sulfonamides is 1. The van der Waals surface area contributed by atoms with Crippen molar-refractivity contribution in [1.29, 1.82) is 0 Å². The second-order valence-electron chi connectivity index (χ2n) is 5.11. The van der Waals surface area contributed by atoms with Crippen LogP contribution in [0.3, 0.4) is 0 Å². The van der Waals surface area contributed by atoms with E-state index in [0.717, 1.165) is 5.56 Å². The Morgan fingerprint density at radius 3 is 2.58 bits per heavy atom. The van der Waals surface area contributed by atoms with Crippen LogP contribution in [0.4, 0.5) is 0 Å². The van der Waals surface area contributed by atoms with Crippen LogP contribution in [-0.2, 0) is 21.2 Å². The Kier molecular flexibility index (Phi) is 5.76. The van der Waals surface area contributed by atoms with Crippen LogP contribution < -0.4 is 10.5 Å². The van der Waals surface area contributed by atoms with Crippen molar-refractivity contribution in [2.45, 2.75) is 24.3 Å². The summed E-state index contributed by atoms with van der Waals surface area (Å²) in [6, 6.07) is 9.84. The summed E-state index contributed by atoms with van der Waals surface area (Å²) in [5.41, 5.74) is 6.82. The van der Waals surface area contributed by atoms with Crippen LogP contribution in [0.1, 0.15) is 34.8 Å². The first-order valence-electron chi connectivity index (χ1n) is 7.40. The van der Waals surface area contributed by atoms with Crippen molar-refractivity contribution in [2.75, 3.05) is 13.7 Å². The van der Waals surface area contributed by atoms with E-state index in [1.54, 1.807) is 6.92 Å². The molecule has 130 valence electrons. The summed E-state index contributed by atoms with van der Waals surface area (Å²) < 4.78 is 37.3. The second kappa shape index (κ2) is 7.61. The fourth-order valence-corrected chi connectivity index (χ4v) is 3.48. The number of hydrogen-bond acceptors (Lipinski definition) is 6. The first kappa shape index (κ1) is 18.2. The van der Waals surface area contributed by atoms with Gasteiger partial charge in [-0.05, 0) is 5.56 Å². The van der Waals surface area contributed by atoms with Crippen LogP contribution in [0.25, 0.3) is 0 Å². The summed E-state index contributed by atoms with van der Waals surface area (Å²) in [6.45, 7) is 1.75. The number of aryl methyl sites for hydroxylation is 1. The molecule has 0 aliphatic carbocycles. The van der Waals surface area contributed by atoms with E-state index in [0.29, 0.717) is 6.42 Å². The van der Waals surface area contributed by atoms with Gasteiger partial charge in [-0.25, -0.2) is 17.9 Å². The standard InChI is InChI=1S/C16H20N2O5S/c1-3-13-15(9-14(23-13)16(19)22-2)24(20,21)18-10-12(17)11-7-5-4-6-8-11/h4-9,12,18H,3,10,17H2,1-2H3. The summed E-state index contributed by atoms with van der Waals surface area (Å²) in [5.74, 6) is -0.689. The van der Waals surface area contributed by atoms with Gasteiger partial charge in [-0.15, -0.1) is 0 Å². The van der Waals surface area contributed by atoms with E-state index in [2.05, 4.69) is 9.46 Å². The molecule has 7 nitrogen and oxygen atoms in total. The van der Waals surface area contributed by atoms with Crippen LogP contribution in [-0.4, -0.2) is 28.0 Å². The minimum atomic E-state index is -3.86. The third kappa shape index (κ3) is 4.02. The third-order valence-electron chi connectivity index (χ3n) is 3.49. The van der Waals surface area contributed by atoms with Gasteiger partial charge in [0.15, 0.2) is 0 Å². The first-order chi connectivity index (χ1) is 11.4. The van der Waals surface area contributed by atoms with Gasteiger partial charge in [0.05, 0.1) is 7.11 Å². The predicted molar refractivity (Wildman–Crippen MR) is 88.0 cm³/mol. The zero-order valence-electron chi connectivity index (χ0n) is 13.5. The first-order valence-corrected chi connectivity index (χ1v) is 8.88. The molecular formula is C16H20N2O5S. The SMILES string of the molecule is CCc1oc(C(=O)OC)cc1S(=O)(=O)NCC(N)c1ccccc1. The molecule has 1 aromatic heterocycles. The number of esters is 1. The Labute approximate surface area is 140 Å². The van der Waals surface area contributed by atoms with E-state index in [4.69, 9.17) is 10.2 Å². The molecule has 2 aromatic rings. The molecule has 1 aromatic carbocycles. The number of hydrogen-bond donors (Lipinski definition) is 2. The summed E-state index contributed by atoms with van der Waals surface area (Å²) >= 11 is 0. The van der Waals surface area contributed by atoms with Gasteiger partial charge in [0, 0.05) is 25.1 Å². The number of nitrogens with one attached hydrogen (secondary N) is 1. The largest absolute Gasteiger partial charge is 0.463 e. The number of carbonyl (C=O) groups excluding carboxylic acids is 1. The van der Waals surface area contributed by atoms with E-state index in [-0.39, 0.29) is 23.0 Å². The maximum Gasteiger partial charge on any atom is 0.373 e. The minimum Gasteiger partial charge on any atom is -0.463 e. The van der Waals surface area contributed by atoms with Crippen molar-refractivity contribution in [1.82, 2.24) is 4.72 Å². The maximum atomic E-state index is 12.5. The summed E-state index contributed by atoms with van der Waals surface area (Å²) in [6.07, 6.45) is 0.317. The fourth-order valence-electron chi connectivity index (χ4n) is 2.18. The van der Waals surface area contributed by atoms with E-state index in [9.17, 15) is 13.2 Å². The molecular weight excluding hydrogens is 332 g/mol. The zero-order valence-corrected chi connectivity index (χ0v) is 14.3.